The molecule has 1 saturated heterocycles. The molecular weight excluding hydrogens is 385 g/mol. The number of ether oxygens (including phenoxy) is 1. The van der Waals surface area contributed by atoms with Crippen LogP contribution in [0.1, 0.15) is 6.42 Å². The molecule has 0 unspecified atom stereocenters. The van der Waals surface area contributed by atoms with Crippen LogP contribution in [0.5, 0.6) is 11.5 Å². The number of para-hydroxylation sites is 1. The number of carbonyl (C=O) groups is 2. The van der Waals surface area contributed by atoms with E-state index in [1.807, 2.05) is 30.3 Å². The Morgan fingerprint density at radius 1 is 0.933 bits per heavy atom. The number of halogens is 1. The zero-order valence-electron chi connectivity index (χ0n) is 16.0. The van der Waals surface area contributed by atoms with E-state index in [0.29, 0.717) is 23.7 Å². The van der Waals surface area contributed by atoms with Crippen molar-refractivity contribution in [2.45, 2.75) is 12.5 Å². The van der Waals surface area contributed by atoms with Gasteiger partial charge in [-0.15, -0.1) is 0 Å². The van der Waals surface area contributed by atoms with Gasteiger partial charge in [0.05, 0.1) is 6.04 Å². The Hall–Kier alpha value is -3.87. The number of anilines is 2. The number of hydrogen-bond acceptors (Lipinski definition) is 3. The first-order valence-corrected chi connectivity index (χ1v) is 9.53. The van der Waals surface area contributed by atoms with Gasteiger partial charge in [0.15, 0.2) is 0 Å². The van der Waals surface area contributed by atoms with Gasteiger partial charge in [-0.3, -0.25) is 4.79 Å². The fourth-order valence-electron chi connectivity index (χ4n) is 3.26. The van der Waals surface area contributed by atoms with E-state index in [1.54, 1.807) is 41.3 Å². The van der Waals surface area contributed by atoms with Gasteiger partial charge in [0.1, 0.15) is 17.3 Å². The lowest BCUT2D eigenvalue weighted by Crippen LogP contribution is -2.39. The molecule has 30 heavy (non-hydrogen) atoms. The van der Waals surface area contributed by atoms with Crippen molar-refractivity contribution in [2.75, 3.05) is 16.8 Å². The molecule has 152 valence electrons. The number of rotatable bonds is 5. The number of amides is 3. The monoisotopic (exact) mass is 405 g/mol. The number of nitrogens with one attached hydrogen (secondary N) is 2. The highest BCUT2D eigenvalue weighted by atomic mass is 19.1. The van der Waals surface area contributed by atoms with Crippen LogP contribution in [0.3, 0.4) is 0 Å². The first kappa shape index (κ1) is 19.4. The summed E-state index contributed by atoms with van der Waals surface area (Å²) in [5, 5.41) is 5.56. The molecule has 3 amide bonds. The zero-order valence-corrected chi connectivity index (χ0v) is 16.0. The predicted molar refractivity (Wildman–Crippen MR) is 112 cm³/mol. The molecule has 6 nitrogen and oxygen atoms in total. The first-order valence-electron chi connectivity index (χ1n) is 9.53. The van der Waals surface area contributed by atoms with Crippen molar-refractivity contribution in [1.29, 1.82) is 0 Å². The summed E-state index contributed by atoms with van der Waals surface area (Å²) in [6, 6.07) is 21.4. The maximum absolute atomic E-state index is 13.1. The summed E-state index contributed by atoms with van der Waals surface area (Å²) in [5.74, 6) is 0.907. The molecule has 1 fully saturated rings. The van der Waals surface area contributed by atoms with Crippen LogP contribution in [0.25, 0.3) is 0 Å². The summed E-state index contributed by atoms with van der Waals surface area (Å²) in [5.41, 5.74) is 1.22. The van der Waals surface area contributed by atoms with Crippen LogP contribution < -0.4 is 20.3 Å². The van der Waals surface area contributed by atoms with Gasteiger partial charge in [0.25, 0.3) is 0 Å². The number of benzene rings is 3. The molecule has 4 rings (SSSR count). The lowest BCUT2D eigenvalue weighted by atomic mass is 10.2. The standard InChI is InChI=1S/C23H20FN3O3/c24-16-6-10-19(11-7-16)27-15-18(14-22(27)28)26-23(29)25-17-8-12-21(13-9-17)30-20-4-2-1-3-5-20/h1-13,18H,14-15H2,(H2,25,26,29)/t18-/m1/s1. The molecule has 3 aromatic carbocycles. The number of hydrogen-bond donors (Lipinski definition) is 2. The fraction of sp³-hybridized carbons (Fsp3) is 0.130. The van der Waals surface area contributed by atoms with Crippen LogP contribution in [0, 0.1) is 5.82 Å². The van der Waals surface area contributed by atoms with Gasteiger partial charge in [-0.25, -0.2) is 9.18 Å². The molecule has 0 radical (unpaired) electrons. The zero-order chi connectivity index (χ0) is 20.9. The predicted octanol–water partition coefficient (Wildman–Crippen LogP) is 4.55. The van der Waals surface area contributed by atoms with Gasteiger partial charge in [0, 0.05) is 24.3 Å². The van der Waals surface area contributed by atoms with Gasteiger partial charge in [0.2, 0.25) is 5.91 Å². The summed E-state index contributed by atoms with van der Waals surface area (Å²) in [4.78, 5) is 26.1. The molecule has 3 aromatic rings. The van der Waals surface area contributed by atoms with Crippen LogP contribution in [-0.2, 0) is 4.79 Å². The number of carbonyl (C=O) groups excluding carboxylic acids is 2. The third-order valence-corrected chi connectivity index (χ3v) is 4.69. The van der Waals surface area contributed by atoms with E-state index >= 15 is 0 Å². The molecular formula is C23H20FN3O3. The van der Waals surface area contributed by atoms with Gasteiger partial charge < -0.3 is 20.3 Å². The van der Waals surface area contributed by atoms with Crippen molar-refractivity contribution >= 4 is 23.3 Å². The van der Waals surface area contributed by atoms with E-state index in [2.05, 4.69) is 10.6 Å². The minimum absolute atomic E-state index is 0.116. The van der Waals surface area contributed by atoms with E-state index in [0.717, 1.165) is 5.75 Å². The minimum atomic E-state index is -0.398. The summed E-state index contributed by atoms with van der Waals surface area (Å²) in [6.07, 6.45) is 0.189. The highest BCUT2D eigenvalue weighted by Gasteiger charge is 2.31. The Morgan fingerprint density at radius 2 is 1.60 bits per heavy atom. The maximum Gasteiger partial charge on any atom is 0.319 e. The van der Waals surface area contributed by atoms with Crippen molar-refractivity contribution in [3.05, 3.63) is 84.7 Å². The van der Waals surface area contributed by atoms with E-state index < -0.39 is 6.03 Å². The Balaban J connectivity index is 1.30. The Morgan fingerprint density at radius 3 is 2.30 bits per heavy atom. The molecule has 2 N–H and O–H groups in total. The molecule has 1 heterocycles. The van der Waals surface area contributed by atoms with Crippen molar-refractivity contribution < 1.29 is 18.7 Å². The molecule has 1 atom stereocenters. The van der Waals surface area contributed by atoms with Crippen molar-refractivity contribution in [1.82, 2.24) is 5.32 Å². The Bertz CT molecular complexity index is 1020. The first-order chi connectivity index (χ1) is 14.6. The molecule has 1 aliphatic heterocycles. The molecule has 0 aromatic heterocycles. The highest BCUT2D eigenvalue weighted by molar-refractivity contribution is 5.97. The Kier molecular flexibility index (Phi) is 5.61. The summed E-state index contributed by atoms with van der Waals surface area (Å²) in [7, 11) is 0. The molecule has 0 spiro atoms. The van der Waals surface area contributed by atoms with E-state index in [-0.39, 0.29) is 24.2 Å². The number of nitrogens with zero attached hydrogens (tertiary/aromatic N) is 1. The van der Waals surface area contributed by atoms with Crippen LogP contribution >= 0.6 is 0 Å². The minimum Gasteiger partial charge on any atom is -0.457 e. The largest absolute Gasteiger partial charge is 0.457 e. The van der Waals surface area contributed by atoms with E-state index in [9.17, 15) is 14.0 Å². The summed E-state index contributed by atoms with van der Waals surface area (Å²) >= 11 is 0. The third-order valence-electron chi connectivity index (χ3n) is 4.69. The molecule has 1 aliphatic rings. The van der Waals surface area contributed by atoms with Crippen LogP contribution in [-0.4, -0.2) is 24.5 Å². The molecule has 7 heteroatoms. The van der Waals surface area contributed by atoms with E-state index in [4.69, 9.17) is 4.74 Å². The van der Waals surface area contributed by atoms with Crippen LogP contribution in [0.2, 0.25) is 0 Å². The van der Waals surface area contributed by atoms with Crippen molar-refractivity contribution in [3.63, 3.8) is 0 Å². The average Bonchev–Trinajstić information content (AvgIpc) is 3.10. The van der Waals surface area contributed by atoms with Crippen molar-refractivity contribution in [2.24, 2.45) is 0 Å². The van der Waals surface area contributed by atoms with Crippen LogP contribution in [0.15, 0.2) is 78.9 Å². The SMILES string of the molecule is O=C(Nc1ccc(Oc2ccccc2)cc1)N[C@@H]1CC(=O)N(c2ccc(F)cc2)C1. The highest BCUT2D eigenvalue weighted by Crippen LogP contribution is 2.24. The smallest absolute Gasteiger partial charge is 0.319 e. The molecule has 0 aliphatic carbocycles. The fourth-order valence-corrected chi connectivity index (χ4v) is 3.26. The molecule has 0 saturated carbocycles. The van der Waals surface area contributed by atoms with E-state index in [1.165, 1.54) is 12.1 Å². The number of urea groups is 1. The van der Waals surface area contributed by atoms with Crippen molar-refractivity contribution in [3.8, 4) is 11.5 Å². The second kappa shape index (κ2) is 8.65. The lowest BCUT2D eigenvalue weighted by molar-refractivity contribution is -0.117. The quantitative estimate of drug-likeness (QED) is 0.655. The third kappa shape index (κ3) is 4.75. The second-order valence-electron chi connectivity index (χ2n) is 6.92. The maximum atomic E-state index is 13.1. The van der Waals surface area contributed by atoms with Gasteiger partial charge in [-0.05, 0) is 60.7 Å². The topological polar surface area (TPSA) is 70.7 Å². The Labute approximate surface area is 173 Å². The second-order valence-corrected chi connectivity index (χ2v) is 6.92. The van der Waals surface area contributed by atoms with Gasteiger partial charge >= 0.3 is 6.03 Å². The molecule has 0 bridgehead atoms. The van der Waals surface area contributed by atoms with Gasteiger partial charge in [-0.2, -0.15) is 0 Å². The lowest BCUT2D eigenvalue weighted by Gasteiger charge is -2.17. The normalized spacial score (nSPS) is 15.7. The van der Waals surface area contributed by atoms with Gasteiger partial charge in [-0.1, -0.05) is 18.2 Å². The summed E-state index contributed by atoms with van der Waals surface area (Å²) in [6.45, 7) is 0.335. The average molecular weight is 405 g/mol. The van der Waals surface area contributed by atoms with Crippen LogP contribution in [0.4, 0.5) is 20.6 Å². The summed E-state index contributed by atoms with van der Waals surface area (Å²) < 4.78 is 18.8.